The Morgan fingerprint density at radius 1 is 1.11 bits per heavy atom. The number of nitrogens with zero attached hydrogens (tertiary/aromatic N) is 4. The van der Waals surface area contributed by atoms with E-state index in [2.05, 4.69) is 20.2 Å². The highest BCUT2D eigenvalue weighted by molar-refractivity contribution is 5.79. The summed E-state index contributed by atoms with van der Waals surface area (Å²) in [6.45, 7) is 6.20. The van der Waals surface area contributed by atoms with Crippen molar-refractivity contribution in [1.29, 1.82) is 0 Å². The summed E-state index contributed by atoms with van der Waals surface area (Å²) >= 11 is 0. The van der Waals surface area contributed by atoms with Crippen molar-refractivity contribution in [3.05, 3.63) is 54.0 Å². The molecule has 0 unspecified atom stereocenters. The molecule has 0 bridgehead atoms. The zero-order valence-corrected chi connectivity index (χ0v) is 15.8. The van der Waals surface area contributed by atoms with Gasteiger partial charge in [-0.15, -0.1) is 0 Å². The van der Waals surface area contributed by atoms with Gasteiger partial charge in [0.05, 0.1) is 18.7 Å². The highest BCUT2D eigenvalue weighted by Gasteiger charge is 2.25. The normalized spacial score (nSPS) is 15.3. The van der Waals surface area contributed by atoms with Crippen LogP contribution in [0.25, 0.3) is 0 Å². The molecule has 0 saturated carbocycles. The van der Waals surface area contributed by atoms with Gasteiger partial charge in [0.25, 0.3) is 0 Å². The van der Waals surface area contributed by atoms with Crippen LogP contribution < -0.4 is 10.2 Å². The highest BCUT2D eigenvalue weighted by Crippen LogP contribution is 2.20. The second-order valence-corrected chi connectivity index (χ2v) is 6.80. The number of amides is 2. The van der Waals surface area contributed by atoms with Crippen molar-refractivity contribution >= 4 is 17.6 Å². The van der Waals surface area contributed by atoms with Crippen molar-refractivity contribution in [2.45, 2.75) is 26.3 Å². The van der Waals surface area contributed by atoms with Crippen molar-refractivity contribution in [3.8, 4) is 0 Å². The fraction of sp³-hybridized carbons (Fsp3) is 0.400. The zero-order chi connectivity index (χ0) is 19.2. The van der Waals surface area contributed by atoms with E-state index in [1.54, 1.807) is 18.6 Å². The molecule has 1 aromatic carbocycles. The summed E-state index contributed by atoms with van der Waals surface area (Å²) in [6, 6.07) is 7.61. The highest BCUT2D eigenvalue weighted by atomic mass is 16.2. The van der Waals surface area contributed by atoms with Crippen LogP contribution in [0.2, 0.25) is 0 Å². The minimum Gasteiger partial charge on any atom is -0.352 e. The van der Waals surface area contributed by atoms with Gasteiger partial charge in [0.1, 0.15) is 5.82 Å². The number of hydrogen-bond donors (Lipinski definition) is 1. The molecule has 0 spiro atoms. The van der Waals surface area contributed by atoms with Crippen LogP contribution in [0.15, 0.2) is 42.9 Å². The maximum atomic E-state index is 12.8. The smallest absolute Gasteiger partial charge is 0.225 e. The Kier molecular flexibility index (Phi) is 6.01. The molecular weight excluding hydrogens is 342 g/mol. The number of carbonyl (C=O) groups is 2. The minimum absolute atomic E-state index is 0.0492. The molecule has 0 aliphatic carbocycles. The van der Waals surface area contributed by atoms with Crippen molar-refractivity contribution in [2.75, 3.05) is 31.1 Å². The van der Waals surface area contributed by atoms with Gasteiger partial charge >= 0.3 is 0 Å². The van der Waals surface area contributed by atoms with Gasteiger partial charge in [-0.2, -0.15) is 0 Å². The Bertz CT molecular complexity index is 771. The topological polar surface area (TPSA) is 78.4 Å². The number of carbonyl (C=O) groups excluding carboxylic acids is 2. The van der Waals surface area contributed by atoms with E-state index in [0.29, 0.717) is 13.1 Å². The number of rotatable bonds is 5. The third-order valence-corrected chi connectivity index (χ3v) is 4.74. The molecule has 2 amide bonds. The molecule has 2 heterocycles. The van der Waals surface area contributed by atoms with E-state index in [9.17, 15) is 9.59 Å². The fourth-order valence-corrected chi connectivity index (χ4v) is 3.24. The number of aryl methyl sites for hydroxylation is 1. The van der Waals surface area contributed by atoms with E-state index in [1.165, 1.54) is 6.92 Å². The molecule has 0 radical (unpaired) electrons. The monoisotopic (exact) mass is 367 g/mol. The average molecular weight is 367 g/mol. The van der Waals surface area contributed by atoms with Crippen LogP contribution in [0, 0.1) is 6.92 Å². The Morgan fingerprint density at radius 3 is 2.41 bits per heavy atom. The van der Waals surface area contributed by atoms with E-state index >= 15 is 0 Å². The Labute approximate surface area is 159 Å². The summed E-state index contributed by atoms with van der Waals surface area (Å²) in [5.41, 5.74) is 2.09. The number of nitrogens with one attached hydrogen (secondary N) is 1. The number of anilines is 1. The molecule has 7 nitrogen and oxygen atoms in total. The molecule has 3 rings (SSSR count). The van der Waals surface area contributed by atoms with Gasteiger partial charge in [0.15, 0.2) is 0 Å². The quantitative estimate of drug-likeness (QED) is 0.870. The van der Waals surface area contributed by atoms with E-state index in [-0.39, 0.29) is 24.3 Å². The summed E-state index contributed by atoms with van der Waals surface area (Å²) in [4.78, 5) is 36.8. The lowest BCUT2D eigenvalue weighted by Crippen LogP contribution is -2.49. The Balaban J connectivity index is 1.61. The molecule has 7 heteroatoms. The Morgan fingerprint density at radius 2 is 1.81 bits per heavy atom. The molecule has 1 N–H and O–H groups in total. The van der Waals surface area contributed by atoms with Crippen LogP contribution in [0.4, 0.5) is 5.82 Å². The first kappa shape index (κ1) is 18.8. The maximum Gasteiger partial charge on any atom is 0.225 e. The van der Waals surface area contributed by atoms with Crippen molar-refractivity contribution in [3.63, 3.8) is 0 Å². The molecule has 1 atom stereocenters. The van der Waals surface area contributed by atoms with E-state index in [1.807, 2.05) is 36.1 Å². The SMILES string of the molecule is CC(=O)N[C@@H](CC(=O)N1CCN(c2cnccn2)CC1)c1ccc(C)cc1. The lowest BCUT2D eigenvalue weighted by molar-refractivity contribution is -0.132. The zero-order valence-electron chi connectivity index (χ0n) is 15.8. The summed E-state index contributed by atoms with van der Waals surface area (Å²) < 4.78 is 0. The average Bonchev–Trinajstić information content (AvgIpc) is 2.68. The van der Waals surface area contributed by atoms with Crippen LogP contribution in [-0.4, -0.2) is 52.9 Å². The molecule has 1 aromatic heterocycles. The van der Waals surface area contributed by atoms with Crippen LogP contribution in [0.5, 0.6) is 0 Å². The molecule has 1 aliphatic rings. The van der Waals surface area contributed by atoms with Crippen LogP contribution in [0.1, 0.15) is 30.5 Å². The molecule has 2 aromatic rings. The Hall–Kier alpha value is -2.96. The van der Waals surface area contributed by atoms with Gasteiger partial charge in [-0.1, -0.05) is 29.8 Å². The predicted octanol–water partition coefficient (Wildman–Crippen LogP) is 1.70. The number of piperazine rings is 1. The summed E-state index contributed by atoms with van der Waals surface area (Å²) in [6.07, 6.45) is 5.32. The third-order valence-electron chi connectivity index (χ3n) is 4.74. The standard InChI is InChI=1S/C20H25N5O2/c1-15-3-5-17(6-4-15)18(23-16(2)26)13-20(27)25-11-9-24(10-12-25)19-14-21-7-8-22-19/h3-8,14,18H,9-13H2,1-2H3,(H,23,26)/t18-/m0/s1. The van der Waals surface area contributed by atoms with Crippen LogP contribution in [0.3, 0.4) is 0 Å². The minimum atomic E-state index is -0.311. The molecule has 142 valence electrons. The van der Waals surface area contributed by atoms with Crippen molar-refractivity contribution < 1.29 is 9.59 Å². The van der Waals surface area contributed by atoms with Gasteiger partial charge in [0, 0.05) is 45.5 Å². The van der Waals surface area contributed by atoms with Crippen molar-refractivity contribution in [2.24, 2.45) is 0 Å². The second-order valence-electron chi connectivity index (χ2n) is 6.80. The van der Waals surface area contributed by atoms with Crippen molar-refractivity contribution in [1.82, 2.24) is 20.2 Å². The van der Waals surface area contributed by atoms with Gasteiger partial charge in [-0.3, -0.25) is 14.6 Å². The van der Waals surface area contributed by atoms with E-state index < -0.39 is 0 Å². The van der Waals surface area contributed by atoms with Gasteiger partial charge in [-0.25, -0.2) is 4.98 Å². The first-order chi connectivity index (χ1) is 13.0. The third kappa shape index (κ3) is 5.03. The number of hydrogen-bond acceptors (Lipinski definition) is 5. The molecule has 1 saturated heterocycles. The molecule has 1 fully saturated rings. The summed E-state index contributed by atoms with van der Waals surface area (Å²) in [5, 5.41) is 2.91. The maximum absolute atomic E-state index is 12.8. The first-order valence-corrected chi connectivity index (χ1v) is 9.15. The molecule has 1 aliphatic heterocycles. The summed E-state index contributed by atoms with van der Waals surface area (Å²) in [7, 11) is 0. The number of benzene rings is 1. The largest absolute Gasteiger partial charge is 0.352 e. The van der Waals surface area contributed by atoms with Gasteiger partial charge in [0.2, 0.25) is 11.8 Å². The van der Waals surface area contributed by atoms with Crippen LogP contribution >= 0.6 is 0 Å². The molecule has 27 heavy (non-hydrogen) atoms. The fourth-order valence-electron chi connectivity index (χ4n) is 3.24. The summed E-state index contributed by atoms with van der Waals surface area (Å²) in [5.74, 6) is 0.745. The van der Waals surface area contributed by atoms with E-state index in [0.717, 1.165) is 30.0 Å². The second kappa shape index (κ2) is 8.62. The number of aromatic nitrogens is 2. The van der Waals surface area contributed by atoms with Crippen LogP contribution in [-0.2, 0) is 9.59 Å². The lowest BCUT2D eigenvalue weighted by Gasteiger charge is -2.36. The first-order valence-electron chi connectivity index (χ1n) is 9.15. The van der Waals surface area contributed by atoms with Gasteiger partial charge in [-0.05, 0) is 12.5 Å². The lowest BCUT2D eigenvalue weighted by atomic mass is 10.0. The van der Waals surface area contributed by atoms with Gasteiger partial charge < -0.3 is 15.1 Å². The van der Waals surface area contributed by atoms with E-state index in [4.69, 9.17) is 0 Å². The molecular formula is C20H25N5O2. The predicted molar refractivity (Wildman–Crippen MR) is 103 cm³/mol.